The highest BCUT2D eigenvalue weighted by Crippen LogP contribution is 2.44. The second-order valence-corrected chi connectivity index (χ2v) is 30.3. The monoisotopic (exact) mass is 1370 g/mol. The van der Waals surface area contributed by atoms with Gasteiger partial charge in [-0.05, 0) is 195 Å². The lowest BCUT2D eigenvalue weighted by Gasteiger charge is -2.14. The van der Waals surface area contributed by atoms with Gasteiger partial charge in [-0.25, -0.2) is 0 Å². The first-order chi connectivity index (χ1) is 50.3. The number of carbonyl (C=O) groups excluding carboxylic acids is 5. The maximum Gasteiger partial charge on any atom is 0.166 e. The van der Waals surface area contributed by atoms with Crippen molar-refractivity contribution >= 4 is 51.0 Å². The van der Waals surface area contributed by atoms with Gasteiger partial charge in [0.15, 0.2) is 28.9 Å². The molecule has 514 valence electrons. The number of thiophene rings is 1. The molecule has 0 fully saturated rings. The van der Waals surface area contributed by atoms with E-state index in [2.05, 4.69) is 239 Å². The van der Waals surface area contributed by atoms with Crippen LogP contribution in [0.2, 0.25) is 0 Å². The Morgan fingerprint density at radius 3 is 0.990 bits per heavy atom. The maximum atomic E-state index is 13.0. The zero-order valence-corrected chi connectivity index (χ0v) is 61.6. The quantitative estimate of drug-likeness (QED) is 0.159. The normalized spacial score (nSPS) is 17.1. The summed E-state index contributed by atoms with van der Waals surface area (Å²) in [4.78, 5) is 63.7. The lowest BCUT2D eigenvalue weighted by Crippen LogP contribution is -2.04. The van der Waals surface area contributed by atoms with Gasteiger partial charge in [-0.1, -0.05) is 293 Å². The molecule has 5 aliphatic carbocycles. The Bertz CT molecular complexity index is 5430. The van der Waals surface area contributed by atoms with Crippen molar-refractivity contribution in [3.05, 3.63) is 344 Å². The molecule has 0 saturated carbocycles. The number of carbonyl (C=O) groups is 5. The van der Waals surface area contributed by atoms with Gasteiger partial charge in [-0.3, -0.25) is 24.0 Å². The first-order valence-corrected chi connectivity index (χ1v) is 37.5. The summed E-state index contributed by atoms with van der Waals surface area (Å²) in [6.45, 7) is 18.5. The second-order valence-electron chi connectivity index (χ2n) is 29.3. The molecule has 104 heavy (non-hydrogen) atoms. The fraction of sp³-hybridized carbons (Fsp3) is 0.194. The molecule has 0 bridgehead atoms. The predicted octanol–water partition coefficient (Wildman–Crippen LogP) is 24.4. The molecule has 0 spiro atoms. The van der Waals surface area contributed by atoms with Crippen molar-refractivity contribution in [2.24, 2.45) is 29.6 Å². The van der Waals surface area contributed by atoms with E-state index < -0.39 is 0 Å². The van der Waals surface area contributed by atoms with E-state index in [0.29, 0.717) is 17.3 Å². The van der Waals surface area contributed by atoms with Crippen LogP contribution in [0, 0.1) is 57.3 Å². The molecule has 0 aliphatic heterocycles. The van der Waals surface area contributed by atoms with Crippen molar-refractivity contribution in [1.29, 1.82) is 0 Å². The molecule has 18 rings (SSSR count). The number of ketones is 5. The number of hydrogen-bond acceptors (Lipinski definition) is 6. The molecule has 5 aliphatic rings. The third kappa shape index (κ3) is 14.3. The summed E-state index contributed by atoms with van der Waals surface area (Å²) in [5.74, 6) is 1.98. The van der Waals surface area contributed by atoms with Crippen LogP contribution in [0.4, 0.5) is 0 Å². The van der Waals surface area contributed by atoms with Crippen LogP contribution in [0.3, 0.4) is 0 Å². The van der Waals surface area contributed by atoms with Gasteiger partial charge in [-0.15, -0.1) is 11.3 Å². The molecule has 5 unspecified atom stereocenters. The molecule has 1 aromatic heterocycles. The fourth-order valence-corrected chi connectivity index (χ4v) is 16.9. The molecule has 5 nitrogen and oxygen atoms in total. The van der Waals surface area contributed by atoms with Crippen molar-refractivity contribution in [2.75, 3.05) is 0 Å². The predicted molar refractivity (Wildman–Crippen MR) is 431 cm³/mol. The van der Waals surface area contributed by atoms with Crippen molar-refractivity contribution in [3.8, 4) is 77.2 Å². The topological polar surface area (TPSA) is 85.3 Å². The Balaban J connectivity index is 0.000000111. The molecule has 0 radical (unpaired) electrons. The largest absolute Gasteiger partial charge is 0.294 e. The van der Waals surface area contributed by atoms with E-state index in [9.17, 15) is 24.0 Å². The highest BCUT2D eigenvalue weighted by atomic mass is 32.1. The van der Waals surface area contributed by atoms with Crippen LogP contribution < -0.4 is 0 Å². The third-order valence-electron chi connectivity index (χ3n) is 21.2. The number of aryl methyl sites for hydroxylation is 4. The van der Waals surface area contributed by atoms with Gasteiger partial charge in [0.25, 0.3) is 0 Å². The summed E-state index contributed by atoms with van der Waals surface area (Å²) in [6.07, 6.45) is 4.33. The minimum Gasteiger partial charge on any atom is -0.294 e. The van der Waals surface area contributed by atoms with Gasteiger partial charge in [0.1, 0.15) is 0 Å². The van der Waals surface area contributed by atoms with Crippen molar-refractivity contribution in [2.45, 2.75) is 94.4 Å². The molecule has 0 amide bonds. The molecule has 13 aromatic rings. The van der Waals surface area contributed by atoms with Crippen LogP contribution >= 0.6 is 11.3 Å². The summed E-state index contributed by atoms with van der Waals surface area (Å²) in [5.41, 5.74) is 30.4. The molecule has 12 aromatic carbocycles. The average molecular weight is 1380 g/mol. The number of hydrogen-bond donors (Lipinski definition) is 0. The van der Waals surface area contributed by atoms with Gasteiger partial charge in [0.2, 0.25) is 0 Å². The first kappa shape index (κ1) is 70.0. The summed E-state index contributed by atoms with van der Waals surface area (Å²) in [7, 11) is 0. The summed E-state index contributed by atoms with van der Waals surface area (Å²) in [6, 6.07) is 90.2. The highest BCUT2D eigenvalue weighted by Gasteiger charge is 2.35. The Labute approximate surface area is 616 Å². The van der Waals surface area contributed by atoms with E-state index in [4.69, 9.17) is 0 Å². The first-order valence-electron chi connectivity index (χ1n) is 36.6. The molecular formula is C98H86O5S. The number of fused-ring (bicyclic) bond motifs is 6. The Morgan fingerprint density at radius 2 is 0.577 bits per heavy atom. The van der Waals surface area contributed by atoms with E-state index in [1.165, 1.54) is 88.0 Å². The van der Waals surface area contributed by atoms with E-state index in [1.807, 2.05) is 89.2 Å². The fourth-order valence-electron chi connectivity index (χ4n) is 16.1. The number of Topliss-reactive ketones (excluding diaryl/α,β-unsaturated/α-hetero) is 5. The van der Waals surface area contributed by atoms with Gasteiger partial charge in [-0.2, -0.15) is 0 Å². The SMILES string of the molecule is CC1Cc2cc(-c3ccccc3)cc(-c3cccc4ccccc34)c2C1=O.CC1Cc2cc(-c3ccccc3)cc(-c3ccccc3)c2C1=O.Cc1cc2c(c(-c3ccccc3)c1)C(=O)C(C)C2.Cc1cc2c(c(-c3cccs3)c1)C(=O)C(C)C2.Cc1ccc(-c2cc(C)cc3c2C(=O)C(C)C3)cc1. The van der Waals surface area contributed by atoms with E-state index in [0.717, 1.165) is 110 Å². The smallest absolute Gasteiger partial charge is 0.166 e. The third-order valence-corrected chi connectivity index (χ3v) is 22.1. The molecule has 0 saturated heterocycles. The van der Waals surface area contributed by atoms with Crippen LogP contribution in [0.5, 0.6) is 0 Å². The zero-order valence-electron chi connectivity index (χ0n) is 60.8. The van der Waals surface area contributed by atoms with Crippen LogP contribution in [-0.4, -0.2) is 28.9 Å². The van der Waals surface area contributed by atoms with E-state index >= 15 is 0 Å². The molecule has 1 heterocycles. The van der Waals surface area contributed by atoms with Gasteiger partial charge >= 0.3 is 0 Å². The summed E-state index contributed by atoms with van der Waals surface area (Å²) >= 11 is 1.70. The maximum absolute atomic E-state index is 13.0. The Kier molecular flexibility index (Phi) is 20.3. The van der Waals surface area contributed by atoms with Crippen molar-refractivity contribution in [3.63, 3.8) is 0 Å². The van der Waals surface area contributed by atoms with Crippen LogP contribution in [-0.2, 0) is 32.1 Å². The van der Waals surface area contributed by atoms with Gasteiger partial charge in [0.05, 0.1) is 0 Å². The Morgan fingerprint density at radius 1 is 0.250 bits per heavy atom. The van der Waals surface area contributed by atoms with Crippen LogP contribution in [0.1, 0.15) is 136 Å². The summed E-state index contributed by atoms with van der Waals surface area (Å²) < 4.78 is 0. The van der Waals surface area contributed by atoms with Gasteiger partial charge in [0, 0.05) is 67.8 Å². The highest BCUT2D eigenvalue weighted by molar-refractivity contribution is 7.13. The average Bonchev–Trinajstić information content (AvgIpc) is 1.50. The van der Waals surface area contributed by atoms with Crippen molar-refractivity contribution < 1.29 is 24.0 Å². The second kappa shape index (κ2) is 30.1. The minimum atomic E-state index is 0.0553. The minimum absolute atomic E-state index is 0.0553. The van der Waals surface area contributed by atoms with Crippen LogP contribution in [0.25, 0.3) is 88.0 Å². The zero-order chi connectivity index (χ0) is 72.4. The lowest BCUT2D eigenvalue weighted by molar-refractivity contribution is 0.0939. The molecule has 6 heteroatoms. The summed E-state index contributed by atoms with van der Waals surface area (Å²) in [5, 5.41) is 4.46. The van der Waals surface area contributed by atoms with Crippen molar-refractivity contribution in [1.82, 2.24) is 0 Å². The molecule has 5 atom stereocenters. The standard InChI is InChI=1S/C26H20O.C22H18O.C18H18O.C17H16O.C15H14OS/c1-17-14-21-15-20(18-8-3-2-4-9-18)16-24(25(21)26(17)27)23-13-7-11-19-10-5-6-12-22(19)23;1-15-12-19-13-18(16-8-4-2-5-9-16)14-20(21(19)22(15)23)17-10-6-3-7-11-17;1-11-4-6-14(7-5-11)16-9-12(2)8-15-10-13(3)18(19)17(15)16;1-11-8-14-10-12(2)17(18)16(14)15(9-11)13-6-4-3-5-7-13;1-9-6-11-8-10(2)15(16)14(11)12(7-9)13-4-3-5-17-13/h2-13,15-17H,14H2,1H3;2-11,13-15H,12H2,1H3;4-9,13H,10H2,1-3H3;3-9,12H,10H2,1-2H3;3-7,10H,8H2,1-2H3. The number of rotatable bonds is 7. The molecular weight excluding hydrogens is 1290 g/mol. The molecule has 0 N–H and O–H groups in total. The Hall–Kier alpha value is -11.1. The van der Waals surface area contributed by atoms with E-state index in [-0.39, 0.29) is 41.2 Å². The lowest BCUT2D eigenvalue weighted by atomic mass is 9.89. The van der Waals surface area contributed by atoms with E-state index in [1.54, 1.807) is 11.3 Å². The number of benzene rings is 12. The van der Waals surface area contributed by atoms with Crippen LogP contribution in [0.15, 0.2) is 266 Å². The van der Waals surface area contributed by atoms with Gasteiger partial charge < -0.3 is 0 Å².